The van der Waals surface area contributed by atoms with Gasteiger partial charge in [-0.25, -0.2) is 0 Å². The number of amides is 1. The number of hydrogen-bond acceptors (Lipinski definition) is 4. The zero-order valence-electron chi connectivity index (χ0n) is 25.9. The van der Waals surface area contributed by atoms with Crippen molar-refractivity contribution in [3.63, 3.8) is 0 Å². The zero-order valence-corrected chi connectivity index (χ0v) is 25.9. The third-order valence-electron chi connectivity index (χ3n) is 8.96. The summed E-state index contributed by atoms with van der Waals surface area (Å²) >= 11 is 0. The second-order valence-corrected chi connectivity index (χ2v) is 11.5. The molecule has 0 saturated carbocycles. The number of rotatable bonds is 9. The summed E-state index contributed by atoms with van der Waals surface area (Å²) in [7, 11) is 1.62. The summed E-state index contributed by atoms with van der Waals surface area (Å²) in [6.45, 7) is 0. The Labute approximate surface area is 274 Å². The number of hydrogen-bond donors (Lipinski definition) is 0. The molecule has 5 nitrogen and oxygen atoms in total. The largest absolute Gasteiger partial charge is 0.497 e. The highest BCUT2D eigenvalue weighted by molar-refractivity contribution is 6.13. The molecule has 47 heavy (non-hydrogen) atoms. The van der Waals surface area contributed by atoms with Crippen molar-refractivity contribution in [2.24, 2.45) is 0 Å². The second-order valence-electron chi connectivity index (χ2n) is 11.5. The number of β-lactam (4-membered cyclic amide) rings is 1. The molecule has 1 atom stereocenters. The van der Waals surface area contributed by atoms with Crippen molar-refractivity contribution in [3.8, 4) is 11.5 Å². The Morgan fingerprint density at radius 1 is 0.617 bits per heavy atom. The van der Waals surface area contributed by atoms with Gasteiger partial charge in [-0.15, -0.1) is 0 Å². The smallest absolute Gasteiger partial charge is 0.323 e. The van der Waals surface area contributed by atoms with E-state index in [-0.39, 0.29) is 5.91 Å². The number of anilines is 1. The van der Waals surface area contributed by atoms with E-state index in [1.165, 1.54) is 0 Å². The number of esters is 1. The fourth-order valence-corrected chi connectivity index (χ4v) is 6.79. The maximum Gasteiger partial charge on any atom is 0.323 e. The van der Waals surface area contributed by atoms with E-state index in [1.54, 1.807) is 12.0 Å². The van der Waals surface area contributed by atoms with Gasteiger partial charge >= 0.3 is 5.97 Å². The Kier molecular flexibility index (Phi) is 8.11. The molecule has 0 N–H and O–H groups in total. The number of para-hydroxylation sites is 1. The molecule has 1 unspecified atom stereocenters. The molecular formula is C42H33NO4. The first-order valence-electron chi connectivity index (χ1n) is 15.6. The van der Waals surface area contributed by atoms with Gasteiger partial charge in [-0.3, -0.25) is 9.59 Å². The van der Waals surface area contributed by atoms with Gasteiger partial charge in [0.1, 0.15) is 22.8 Å². The predicted molar refractivity (Wildman–Crippen MR) is 184 cm³/mol. The minimum Gasteiger partial charge on any atom is -0.497 e. The molecule has 0 spiro atoms. The average Bonchev–Trinajstić information content (AvgIpc) is 3.13. The van der Waals surface area contributed by atoms with E-state index in [0.717, 1.165) is 33.5 Å². The minimum atomic E-state index is -1.08. The van der Waals surface area contributed by atoms with Gasteiger partial charge in [0.05, 0.1) is 13.2 Å². The molecule has 0 radical (unpaired) electrons. The lowest BCUT2D eigenvalue weighted by Gasteiger charge is -2.57. The SMILES string of the molecule is COc1ccc(N2C(=O)C(c3ccccc3)(c3ccccc3)C2c2ccccc2OC(=O)C(c2ccccc2)c2ccccc2)cc1. The summed E-state index contributed by atoms with van der Waals surface area (Å²) in [5.74, 6) is -0.0159. The van der Waals surface area contributed by atoms with Crippen LogP contribution in [0.4, 0.5) is 5.69 Å². The van der Waals surface area contributed by atoms with Crippen molar-refractivity contribution in [1.29, 1.82) is 0 Å². The Morgan fingerprint density at radius 2 is 1.09 bits per heavy atom. The maximum absolute atomic E-state index is 14.8. The standard InChI is InChI=1S/C42H33NO4/c1-46-35-28-26-34(27-29-35)43-39(42(41(43)45,32-20-10-4-11-21-32)33-22-12-5-13-23-33)36-24-14-15-25-37(36)47-40(44)38(30-16-6-2-7-17-30)31-18-8-3-9-19-31/h2-29,38-39H,1H3. The molecule has 1 amide bonds. The third kappa shape index (κ3) is 5.26. The quantitative estimate of drug-likeness (QED) is 0.0930. The summed E-state index contributed by atoms with van der Waals surface area (Å²) in [5.41, 5.74) is 3.76. The van der Waals surface area contributed by atoms with Crippen molar-refractivity contribution >= 4 is 17.6 Å². The van der Waals surface area contributed by atoms with Gasteiger partial charge in [-0.1, -0.05) is 140 Å². The van der Waals surface area contributed by atoms with E-state index in [9.17, 15) is 9.59 Å². The monoisotopic (exact) mass is 615 g/mol. The second kappa shape index (κ2) is 12.8. The van der Waals surface area contributed by atoms with Crippen molar-refractivity contribution in [1.82, 2.24) is 0 Å². The third-order valence-corrected chi connectivity index (χ3v) is 8.96. The lowest BCUT2D eigenvalue weighted by Crippen LogP contribution is -2.67. The summed E-state index contributed by atoms with van der Waals surface area (Å²) in [4.78, 5) is 30.9. The Balaban J connectivity index is 1.39. The highest BCUT2D eigenvalue weighted by Crippen LogP contribution is 2.58. The lowest BCUT2D eigenvalue weighted by molar-refractivity contribution is -0.135. The fraction of sp³-hybridized carbons (Fsp3) is 0.0952. The maximum atomic E-state index is 14.8. The molecule has 6 aromatic carbocycles. The number of carbonyl (C=O) groups is 2. The van der Waals surface area contributed by atoms with E-state index < -0.39 is 23.3 Å². The van der Waals surface area contributed by atoms with Gasteiger partial charge < -0.3 is 14.4 Å². The first-order chi connectivity index (χ1) is 23.1. The van der Waals surface area contributed by atoms with Crippen LogP contribution < -0.4 is 14.4 Å². The molecule has 0 aliphatic carbocycles. The van der Waals surface area contributed by atoms with E-state index in [4.69, 9.17) is 9.47 Å². The van der Waals surface area contributed by atoms with Gasteiger partial charge in [0.15, 0.2) is 0 Å². The van der Waals surface area contributed by atoms with Crippen molar-refractivity contribution < 1.29 is 19.1 Å². The van der Waals surface area contributed by atoms with Crippen LogP contribution in [-0.4, -0.2) is 19.0 Å². The summed E-state index contributed by atoms with van der Waals surface area (Å²) < 4.78 is 11.8. The molecule has 1 saturated heterocycles. The van der Waals surface area contributed by atoms with Gasteiger partial charge in [0.2, 0.25) is 5.91 Å². The highest BCUT2D eigenvalue weighted by atomic mass is 16.5. The molecular weight excluding hydrogens is 582 g/mol. The van der Waals surface area contributed by atoms with E-state index in [1.807, 2.05) is 170 Å². The zero-order chi connectivity index (χ0) is 32.2. The van der Waals surface area contributed by atoms with Crippen molar-refractivity contribution in [2.45, 2.75) is 17.4 Å². The van der Waals surface area contributed by atoms with Crippen LogP contribution in [0.1, 0.15) is 39.8 Å². The molecule has 0 bridgehead atoms. The van der Waals surface area contributed by atoms with Crippen LogP contribution in [0, 0.1) is 0 Å². The van der Waals surface area contributed by atoms with Crippen LogP contribution in [-0.2, 0) is 15.0 Å². The van der Waals surface area contributed by atoms with Crippen LogP contribution >= 0.6 is 0 Å². The first kappa shape index (κ1) is 29.8. The molecule has 5 heteroatoms. The summed E-state index contributed by atoms with van der Waals surface area (Å²) in [5, 5.41) is 0. The molecule has 7 rings (SSSR count). The van der Waals surface area contributed by atoms with Crippen LogP contribution in [0.25, 0.3) is 0 Å². The van der Waals surface area contributed by atoms with Gasteiger partial charge in [-0.05, 0) is 52.6 Å². The predicted octanol–water partition coefficient (Wildman–Crippen LogP) is 8.51. The minimum absolute atomic E-state index is 0.0716. The van der Waals surface area contributed by atoms with Crippen LogP contribution in [0.5, 0.6) is 11.5 Å². The van der Waals surface area contributed by atoms with Gasteiger partial charge in [0, 0.05) is 11.3 Å². The number of ether oxygens (including phenoxy) is 2. The molecule has 6 aromatic rings. The highest BCUT2D eigenvalue weighted by Gasteiger charge is 2.64. The average molecular weight is 616 g/mol. The van der Waals surface area contributed by atoms with Crippen LogP contribution in [0.3, 0.4) is 0 Å². The fourth-order valence-electron chi connectivity index (χ4n) is 6.79. The summed E-state index contributed by atoms with van der Waals surface area (Å²) in [6, 6.07) is 53.5. The van der Waals surface area contributed by atoms with Crippen LogP contribution in [0.2, 0.25) is 0 Å². The first-order valence-corrected chi connectivity index (χ1v) is 15.6. The number of nitrogens with zero attached hydrogens (tertiary/aromatic N) is 1. The van der Waals surface area contributed by atoms with Gasteiger partial charge in [-0.2, -0.15) is 0 Å². The van der Waals surface area contributed by atoms with E-state index in [0.29, 0.717) is 11.5 Å². The Bertz CT molecular complexity index is 1900. The van der Waals surface area contributed by atoms with E-state index >= 15 is 0 Å². The topological polar surface area (TPSA) is 55.8 Å². The molecule has 1 fully saturated rings. The molecule has 1 aliphatic heterocycles. The number of methoxy groups -OCH3 is 1. The molecule has 230 valence electrons. The van der Waals surface area contributed by atoms with Crippen molar-refractivity contribution in [3.05, 3.63) is 198 Å². The summed E-state index contributed by atoms with van der Waals surface area (Å²) in [6.07, 6.45) is 0. The Hall–Kier alpha value is -5.94. The number of benzene rings is 6. The van der Waals surface area contributed by atoms with Gasteiger partial charge in [0.25, 0.3) is 0 Å². The van der Waals surface area contributed by atoms with Crippen molar-refractivity contribution in [2.75, 3.05) is 12.0 Å². The molecule has 1 aliphatic rings. The molecule has 0 aromatic heterocycles. The van der Waals surface area contributed by atoms with E-state index in [2.05, 4.69) is 0 Å². The number of carbonyl (C=O) groups excluding carboxylic acids is 2. The normalized spacial score (nSPS) is 15.1. The van der Waals surface area contributed by atoms with Crippen LogP contribution in [0.15, 0.2) is 170 Å². The Morgan fingerprint density at radius 3 is 1.60 bits per heavy atom. The molecule has 1 heterocycles. The lowest BCUT2D eigenvalue weighted by atomic mass is 9.59.